The topological polar surface area (TPSA) is 59.6 Å². The zero-order valence-corrected chi connectivity index (χ0v) is 18.7. The molecule has 2 aliphatic heterocycles. The third kappa shape index (κ3) is 4.92. The van der Waals surface area contributed by atoms with Crippen molar-refractivity contribution in [3.63, 3.8) is 0 Å². The summed E-state index contributed by atoms with van der Waals surface area (Å²) in [5.41, 5.74) is 1.28. The quantitative estimate of drug-likeness (QED) is 0.725. The molecule has 1 aromatic heterocycles. The van der Waals surface area contributed by atoms with Gasteiger partial charge in [-0.25, -0.2) is 0 Å². The van der Waals surface area contributed by atoms with E-state index in [9.17, 15) is 0 Å². The van der Waals surface area contributed by atoms with Gasteiger partial charge in [-0.1, -0.05) is 25.1 Å². The number of anilines is 4. The van der Waals surface area contributed by atoms with Gasteiger partial charge in [0.1, 0.15) is 11.6 Å². The molecule has 7 nitrogen and oxygen atoms in total. The van der Waals surface area contributed by atoms with Crippen LogP contribution in [0.2, 0.25) is 0 Å². The van der Waals surface area contributed by atoms with Crippen LogP contribution in [0.15, 0.2) is 36.4 Å². The smallest absolute Gasteiger partial charge is 0.232 e. The molecule has 0 bridgehead atoms. The fourth-order valence-corrected chi connectivity index (χ4v) is 4.29. The molecule has 160 valence electrons. The van der Waals surface area contributed by atoms with E-state index in [1.807, 2.05) is 0 Å². The number of piperidine rings is 1. The molecule has 0 amide bonds. The average molecular weight is 426 g/mol. The molecule has 1 unspecified atom stereocenters. The van der Waals surface area contributed by atoms with Crippen LogP contribution in [0.4, 0.5) is 23.3 Å². The maximum absolute atomic E-state index is 5.29. The highest BCUT2D eigenvalue weighted by molar-refractivity contribution is 7.80. The van der Waals surface area contributed by atoms with Gasteiger partial charge in [0.05, 0.1) is 0 Å². The maximum atomic E-state index is 5.29. The summed E-state index contributed by atoms with van der Waals surface area (Å²) in [6.45, 7) is 8.19. The summed E-state index contributed by atoms with van der Waals surface area (Å²) in [6, 6.07) is 12.8. The number of hydrogen-bond acceptors (Lipinski definition) is 6. The second kappa shape index (κ2) is 9.47. The Morgan fingerprint density at radius 2 is 1.63 bits per heavy atom. The van der Waals surface area contributed by atoms with Crippen LogP contribution in [0, 0.1) is 5.92 Å². The Labute approximate surface area is 184 Å². The van der Waals surface area contributed by atoms with Gasteiger partial charge in [0.25, 0.3) is 0 Å². The highest BCUT2D eigenvalue weighted by Crippen LogP contribution is 2.27. The number of para-hydroxylation sites is 1. The SMILES string of the molecule is CNC(=S)Nc1nc(N2CCN(c3ccccc3)CC2)cc(N2CCCC(C)C2)n1. The first kappa shape index (κ1) is 20.7. The maximum Gasteiger partial charge on any atom is 0.232 e. The van der Waals surface area contributed by atoms with Crippen LogP contribution < -0.4 is 25.3 Å². The minimum atomic E-state index is 0.527. The van der Waals surface area contributed by atoms with E-state index in [0.717, 1.165) is 50.9 Å². The predicted molar refractivity (Wildman–Crippen MR) is 129 cm³/mol. The Bertz CT molecular complexity index is 852. The van der Waals surface area contributed by atoms with E-state index in [-0.39, 0.29) is 0 Å². The molecule has 1 aromatic carbocycles. The molecular formula is C22H31N7S. The van der Waals surface area contributed by atoms with Crippen LogP contribution in [0.25, 0.3) is 0 Å². The minimum Gasteiger partial charge on any atom is -0.368 e. The molecule has 2 fully saturated rings. The zero-order valence-electron chi connectivity index (χ0n) is 17.8. The van der Waals surface area contributed by atoms with E-state index in [2.05, 4.69) is 68.7 Å². The van der Waals surface area contributed by atoms with E-state index in [4.69, 9.17) is 22.2 Å². The molecule has 0 spiro atoms. The number of hydrogen-bond donors (Lipinski definition) is 2. The number of rotatable bonds is 4. The molecule has 2 aliphatic rings. The standard InChI is InChI=1S/C22H31N7S/c1-17-7-6-10-29(16-17)20-15-19(24-21(25-20)26-22(30)23-2)28-13-11-27(12-14-28)18-8-4-3-5-9-18/h3-5,8-9,15,17H,6-7,10-14,16H2,1-2H3,(H2,23,24,25,26,30). The van der Waals surface area contributed by atoms with Crippen molar-refractivity contribution in [3.8, 4) is 0 Å². The van der Waals surface area contributed by atoms with E-state index in [1.54, 1.807) is 7.05 Å². The Morgan fingerprint density at radius 3 is 2.30 bits per heavy atom. The van der Waals surface area contributed by atoms with Crippen molar-refractivity contribution in [2.75, 3.05) is 66.3 Å². The molecule has 0 aliphatic carbocycles. The summed E-state index contributed by atoms with van der Waals surface area (Å²) in [7, 11) is 1.80. The number of piperazine rings is 1. The lowest BCUT2D eigenvalue weighted by Gasteiger charge is -2.37. The summed E-state index contributed by atoms with van der Waals surface area (Å²) >= 11 is 5.29. The number of thiocarbonyl (C=S) groups is 1. The van der Waals surface area contributed by atoms with E-state index in [1.165, 1.54) is 18.5 Å². The number of nitrogens with one attached hydrogen (secondary N) is 2. The Kier molecular flexibility index (Phi) is 6.52. The highest BCUT2D eigenvalue weighted by atomic mass is 32.1. The van der Waals surface area contributed by atoms with Crippen LogP contribution >= 0.6 is 12.2 Å². The first-order valence-electron chi connectivity index (χ1n) is 10.8. The highest BCUT2D eigenvalue weighted by Gasteiger charge is 2.23. The summed E-state index contributed by atoms with van der Waals surface area (Å²) in [5, 5.41) is 6.61. The lowest BCUT2D eigenvalue weighted by molar-refractivity contribution is 0.444. The molecule has 0 radical (unpaired) electrons. The fraction of sp³-hybridized carbons (Fsp3) is 0.500. The molecule has 8 heteroatoms. The average Bonchev–Trinajstić information content (AvgIpc) is 2.79. The van der Waals surface area contributed by atoms with Crippen molar-refractivity contribution in [3.05, 3.63) is 36.4 Å². The Balaban J connectivity index is 1.53. The summed E-state index contributed by atoms with van der Waals surface area (Å²) < 4.78 is 0. The van der Waals surface area contributed by atoms with Crippen LogP contribution in [-0.4, -0.2) is 61.4 Å². The van der Waals surface area contributed by atoms with E-state index >= 15 is 0 Å². The van der Waals surface area contributed by atoms with Crippen molar-refractivity contribution in [2.45, 2.75) is 19.8 Å². The second-order valence-electron chi connectivity index (χ2n) is 8.12. The van der Waals surface area contributed by atoms with Gasteiger partial charge in [-0.3, -0.25) is 0 Å². The number of benzene rings is 1. The monoisotopic (exact) mass is 425 g/mol. The molecular weight excluding hydrogens is 394 g/mol. The molecule has 30 heavy (non-hydrogen) atoms. The minimum absolute atomic E-state index is 0.527. The molecule has 2 saturated heterocycles. The lowest BCUT2D eigenvalue weighted by atomic mass is 10.0. The van der Waals surface area contributed by atoms with Gasteiger partial charge >= 0.3 is 0 Å². The van der Waals surface area contributed by atoms with E-state index < -0.39 is 0 Å². The van der Waals surface area contributed by atoms with Crippen molar-refractivity contribution in [1.29, 1.82) is 0 Å². The summed E-state index contributed by atoms with van der Waals surface area (Å²) in [6.07, 6.45) is 2.48. The van der Waals surface area contributed by atoms with Gasteiger partial charge in [0.15, 0.2) is 5.11 Å². The van der Waals surface area contributed by atoms with Gasteiger partial charge in [-0.2, -0.15) is 9.97 Å². The first-order chi connectivity index (χ1) is 14.6. The Morgan fingerprint density at radius 1 is 0.967 bits per heavy atom. The van der Waals surface area contributed by atoms with Crippen molar-refractivity contribution in [2.24, 2.45) is 5.92 Å². The van der Waals surface area contributed by atoms with Gasteiger partial charge in [0, 0.05) is 58.1 Å². The van der Waals surface area contributed by atoms with Gasteiger partial charge < -0.3 is 25.3 Å². The third-order valence-corrected chi connectivity index (χ3v) is 6.16. The van der Waals surface area contributed by atoms with Gasteiger partial charge in [-0.05, 0) is 43.1 Å². The largest absolute Gasteiger partial charge is 0.368 e. The number of aromatic nitrogens is 2. The normalized spacial score (nSPS) is 19.5. The summed E-state index contributed by atoms with van der Waals surface area (Å²) in [4.78, 5) is 16.7. The fourth-order valence-electron chi connectivity index (χ4n) is 4.20. The van der Waals surface area contributed by atoms with Crippen LogP contribution in [0.1, 0.15) is 19.8 Å². The van der Waals surface area contributed by atoms with Crippen LogP contribution in [0.3, 0.4) is 0 Å². The molecule has 0 saturated carbocycles. The number of nitrogens with zero attached hydrogens (tertiary/aromatic N) is 5. The van der Waals surface area contributed by atoms with Crippen LogP contribution in [0.5, 0.6) is 0 Å². The zero-order chi connectivity index (χ0) is 20.9. The predicted octanol–water partition coefficient (Wildman–Crippen LogP) is 2.96. The van der Waals surface area contributed by atoms with Crippen molar-refractivity contribution < 1.29 is 0 Å². The molecule has 2 aromatic rings. The van der Waals surface area contributed by atoms with Crippen molar-refractivity contribution in [1.82, 2.24) is 15.3 Å². The lowest BCUT2D eigenvalue weighted by Crippen LogP contribution is -2.47. The summed E-state index contributed by atoms with van der Waals surface area (Å²) in [5.74, 6) is 3.19. The molecule has 4 rings (SSSR count). The molecule has 3 heterocycles. The molecule has 1 atom stereocenters. The first-order valence-corrected chi connectivity index (χ1v) is 11.2. The Hall–Kier alpha value is -2.61. The second-order valence-corrected chi connectivity index (χ2v) is 8.52. The third-order valence-electron chi connectivity index (χ3n) is 5.86. The van der Waals surface area contributed by atoms with E-state index in [0.29, 0.717) is 17.0 Å². The van der Waals surface area contributed by atoms with Gasteiger partial charge in [-0.15, -0.1) is 0 Å². The van der Waals surface area contributed by atoms with Crippen molar-refractivity contribution >= 4 is 40.6 Å². The van der Waals surface area contributed by atoms with Crippen LogP contribution in [-0.2, 0) is 0 Å². The van der Waals surface area contributed by atoms with Gasteiger partial charge in [0.2, 0.25) is 5.95 Å². The molecule has 2 N–H and O–H groups in total.